The third-order valence-corrected chi connectivity index (χ3v) is 3.14. The first-order chi connectivity index (χ1) is 13.1. The van der Waals surface area contributed by atoms with Crippen LogP contribution in [0.1, 0.15) is 19.8 Å². The van der Waals surface area contributed by atoms with E-state index in [4.69, 9.17) is 16.8 Å². The first-order valence-corrected chi connectivity index (χ1v) is 8.29. The second-order valence-corrected chi connectivity index (χ2v) is 5.16. The molecule has 0 aromatic rings. The van der Waals surface area contributed by atoms with E-state index in [9.17, 15) is 9.59 Å². The van der Waals surface area contributed by atoms with Crippen molar-refractivity contribution in [2.45, 2.75) is 19.8 Å². The summed E-state index contributed by atoms with van der Waals surface area (Å²) in [5, 5.41) is 9.09. The van der Waals surface area contributed by atoms with E-state index in [1.807, 2.05) is 30.4 Å². The predicted octanol–water partition coefficient (Wildman–Crippen LogP) is 3.02. The van der Waals surface area contributed by atoms with Crippen molar-refractivity contribution in [3.63, 3.8) is 0 Å². The molecule has 1 amide bonds. The molecule has 0 unspecified atom stereocenters. The molecule has 0 heterocycles. The van der Waals surface area contributed by atoms with E-state index in [1.54, 1.807) is 13.0 Å². The number of nitrogens with one attached hydrogen (secondary N) is 1. The fourth-order valence-corrected chi connectivity index (χ4v) is 1.80. The second-order valence-electron chi connectivity index (χ2n) is 5.16. The lowest BCUT2D eigenvalue weighted by molar-refractivity contribution is -0.117. The molecule has 0 spiro atoms. The summed E-state index contributed by atoms with van der Waals surface area (Å²) in [6.07, 6.45) is 12.8. The molecule has 10 nitrogen and oxygen atoms in total. The zero-order valence-electron chi connectivity index (χ0n) is 15.3. The largest absolute Gasteiger partial charge is 0.352 e. The number of carbonyl (C=O) groups is 2. The van der Waals surface area contributed by atoms with E-state index >= 15 is 0 Å². The second kappa shape index (κ2) is 16.2. The molecule has 0 aromatic carbocycles. The van der Waals surface area contributed by atoms with Crippen molar-refractivity contribution in [3.05, 3.63) is 68.5 Å². The highest BCUT2D eigenvalue weighted by Crippen LogP contribution is 2.10. The van der Waals surface area contributed by atoms with Crippen LogP contribution in [0.5, 0.6) is 0 Å². The molecule has 0 aliphatic heterocycles. The number of Topliss-reactive ketones (excluding diaryl/α,β-unsaturated/α-hetero) is 1. The fourth-order valence-electron chi connectivity index (χ4n) is 1.80. The highest BCUT2D eigenvalue weighted by atomic mass is 16.1. The third kappa shape index (κ3) is 12.7. The molecule has 0 atom stereocenters. The monoisotopic (exact) mass is 372 g/mol. The average Bonchev–Trinajstić information content (AvgIpc) is 3.38. The molecule has 2 rings (SSSR count). The van der Waals surface area contributed by atoms with Gasteiger partial charge >= 0.3 is 0 Å². The summed E-state index contributed by atoms with van der Waals surface area (Å²) in [5.41, 5.74) is 22.2. The van der Waals surface area contributed by atoms with Gasteiger partial charge in [0.2, 0.25) is 5.91 Å². The van der Waals surface area contributed by atoms with Crippen molar-refractivity contribution >= 4 is 11.7 Å². The van der Waals surface area contributed by atoms with Crippen molar-refractivity contribution in [1.82, 2.24) is 5.32 Å². The van der Waals surface area contributed by atoms with Gasteiger partial charge in [0.25, 0.3) is 0 Å². The minimum atomic E-state index is -0.0851. The summed E-state index contributed by atoms with van der Waals surface area (Å²) in [7, 11) is 0. The van der Waals surface area contributed by atoms with E-state index in [2.05, 4.69) is 25.4 Å². The first kappa shape index (κ1) is 23.7. The Morgan fingerprint density at radius 3 is 2.00 bits per heavy atom. The Balaban J connectivity index is 0.000000413. The van der Waals surface area contributed by atoms with Gasteiger partial charge in [-0.2, -0.15) is 0 Å². The van der Waals surface area contributed by atoms with E-state index in [0.29, 0.717) is 32.6 Å². The quantitative estimate of drug-likeness (QED) is 0.303. The smallest absolute Gasteiger partial charge is 0.247 e. The van der Waals surface area contributed by atoms with Crippen LogP contribution in [-0.4, -0.2) is 37.9 Å². The van der Waals surface area contributed by atoms with Crippen LogP contribution in [-0.2, 0) is 9.59 Å². The van der Waals surface area contributed by atoms with Gasteiger partial charge in [0.15, 0.2) is 5.78 Å². The van der Waals surface area contributed by atoms with Crippen LogP contribution in [0, 0.1) is 0 Å². The highest BCUT2D eigenvalue weighted by molar-refractivity contribution is 5.94. The number of nitrogens with two attached hydrogens (primary N) is 1. The number of hydrogen-bond acceptors (Lipinski definition) is 5. The zero-order chi connectivity index (χ0) is 20.3. The van der Waals surface area contributed by atoms with Gasteiger partial charge in [0.1, 0.15) is 0 Å². The maximum Gasteiger partial charge on any atom is 0.247 e. The molecule has 0 bridgehead atoms. The topological polar surface area (TPSA) is 170 Å². The maximum atomic E-state index is 11.3. The molecule has 0 saturated carbocycles. The van der Waals surface area contributed by atoms with Gasteiger partial charge in [-0.3, -0.25) is 9.59 Å². The minimum absolute atomic E-state index is 0.0851. The Morgan fingerprint density at radius 2 is 1.63 bits per heavy atom. The van der Waals surface area contributed by atoms with E-state index in [0.717, 1.165) is 17.6 Å². The Morgan fingerprint density at radius 1 is 1.07 bits per heavy atom. The normalized spacial score (nSPS) is 12.8. The molecule has 144 valence electrons. The van der Waals surface area contributed by atoms with Gasteiger partial charge < -0.3 is 11.1 Å². The van der Waals surface area contributed by atoms with Crippen LogP contribution in [0.2, 0.25) is 0 Å². The molecular weight excluding hydrogens is 348 g/mol. The lowest BCUT2D eigenvalue weighted by Crippen LogP contribution is -2.26. The molecule has 2 aliphatic carbocycles. The van der Waals surface area contributed by atoms with Crippen LogP contribution in [0.15, 0.2) is 57.8 Å². The van der Waals surface area contributed by atoms with Crippen LogP contribution in [0.25, 0.3) is 20.9 Å². The van der Waals surface area contributed by atoms with Crippen molar-refractivity contribution < 1.29 is 9.59 Å². The van der Waals surface area contributed by atoms with Gasteiger partial charge in [-0.15, -0.1) is 0 Å². The number of carbonyl (C=O) groups excluding carboxylic acids is 2. The summed E-state index contributed by atoms with van der Waals surface area (Å²) in [5.74, 6) is 0.105. The number of allylic oxidation sites excluding steroid dienone is 7. The Kier molecular flexibility index (Phi) is 14.2. The average molecular weight is 372 g/mol. The molecule has 3 N–H and O–H groups in total. The summed E-state index contributed by atoms with van der Waals surface area (Å²) in [4.78, 5) is 26.8. The number of rotatable bonds is 7. The van der Waals surface area contributed by atoms with Crippen molar-refractivity contribution in [1.29, 1.82) is 0 Å². The van der Waals surface area contributed by atoms with Gasteiger partial charge in [0, 0.05) is 35.0 Å². The zero-order valence-corrected chi connectivity index (χ0v) is 15.3. The number of nitrogens with zero attached hydrogens (tertiary/aromatic N) is 6. The fraction of sp³-hybridized carbons (Fsp3) is 0.412. The summed E-state index contributed by atoms with van der Waals surface area (Å²) in [6.45, 7) is 3.11. The molecular formula is C17H24N8O2. The predicted molar refractivity (Wildman–Crippen MR) is 104 cm³/mol. The number of azide groups is 2. The van der Waals surface area contributed by atoms with Gasteiger partial charge in [-0.1, -0.05) is 46.7 Å². The Hall–Kier alpha value is -3.32. The standard InChI is InChI=1S/C8H10N4O.C7H8O.C2H6N4/c9-12-11-6-5-10-8(13)7-3-1-2-4-7;1-6(8)7-4-2-3-5-7;3-1-2-5-6-4/h1-3H,4-6H2,(H,10,13);2-4H,5H2,1H3;1-3H2. The van der Waals surface area contributed by atoms with Crippen LogP contribution in [0.3, 0.4) is 0 Å². The maximum absolute atomic E-state index is 11.3. The molecule has 0 aromatic heterocycles. The molecule has 0 radical (unpaired) electrons. The molecule has 27 heavy (non-hydrogen) atoms. The Labute approximate surface area is 157 Å². The molecule has 2 aliphatic rings. The van der Waals surface area contributed by atoms with Crippen molar-refractivity contribution in [3.8, 4) is 0 Å². The molecule has 0 saturated heterocycles. The van der Waals surface area contributed by atoms with E-state index < -0.39 is 0 Å². The summed E-state index contributed by atoms with van der Waals surface area (Å²) in [6, 6.07) is 0. The van der Waals surface area contributed by atoms with E-state index in [1.165, 1.54) is 0 Å². The highest BCUT2D eigenvalue weighted by Gasteiger charge is 2.08. The first-order valence-electron chi connectivity index (χ1n) is 8.29. The summed E-state index contributed by atoms with van der Waals surface area (Å²) >= 11 is 0. The summed E-state index contributed by atoms with van der Waals surface area (Å²) < 4.78 is 0. The number of amides is 1. The van der Waals surface area contributed by atoms with E-state index in [-0.39, 0.29) is 11.7 Å². The SMILES string of the molecule is CC(=O)C1=CC=CC1.[N-]=[N+]=NCCN.[N-]=[N+]=NCCNC(=O)C1=CC=CC1. The van der Waals surface area contributed by atoms with Crippen molar-refractivity contribution in [2.24, 2.45) is 16.0 Å². The van der Waals surface area contributed by atoms with Crippen molar-refractivity contribution in [2.75, 3.05) is 26.2 Å². The molecule has 10 heteroatoms. The van der Waals surface area contributed by atoms with Crippen LogP contribution >= 0.6 is 0 Å². The number of hydrogen-bond donors (Lipinski definition) is 2. The minimum Gasteiger partial charge on any atom is -0.352 e. The van der Waals surface area contributed by atoms with Gasteiger partial charge in [-0.05, 0) is 42.9 Å². The third-order valence-electron chi connectivity index (χ3n) is 3.14. The molecule has 0 fully saturated rings. The van der Waals surface area contributed by atoms with Crippen LogP contribution in [0.4, 0.5) is 0 Å². The van der Waals surface area contributed by atoms with Crippen LogP contribution < -0.4 is 11.1 Å². The lowest BCUT2D eigenvalue weighted by Gasteiger charge is -2.02. The Bertz CT molecular complexity index is 708. The lowest BCUT2D eigenvalue weighted by atomic mass is 10.2. The van der Waals surface area contributed by atoms with Gasteiger partial charge in [0.05, 0.1) is 0 Å². The van der Waals surface area contributed by atoms with Gasteiger partial charge in [-0.25, -0.2) is 0 Å². The number of ketones is 1.